The lowest BCUT2D eigenvalue weighted by Crippen LogP contribution is -2.30. The monoisotopic (exact) mass is 474 g/mol. The lowest BCUT2D eigenvalue weighted by atomic mass is 9.97. The number of hydrogen-bond acceptors (Lipinski definition) is 5. The average molecular weight is 475 g/mol. The molecule has 0 bridgehead atoms. The summed E-state index contributed by atoms with van der Waals surface area (Å²) in [4.78, 5) is 33.5. The molecular weight excluding hydrogens is 452 g/mol. The van der Waals surface area contributed by atoms with Crippen LogP contribution in [0, 0.1) is 13.8 Å². The molecule has 0 spiro atoms. The van der Waals surface area contributed by atoms with Crippen LogP contribution in [0.15, 0.2) is 100 Å². The molecule has 1 amide bonds. The first kappa shape index (κ1) is 21.8. The number of anilines is 1. The van der Waals surface area contributed by atoms with Gasteiger partial charge in [0.15, 0.2) is 5.43 Å². The molecule has 6 nitrogen and oxygen atoms in total. The highest BCUT2D eigenvalue weighted by atomic mass is 16.5. The summed E-state index contributed by atoms with van der Waals surface area (Å²) in [5.74, 6) is 1.36. The Hall–Kier alpha value is -4.71. The molecule has 36 heavy (non-hydrogen) atoms. The van der Waals surface area contributed by atoms with Gasteiger partial charge in [0.1, 0.15) is 22.9 Å². The summed E-state index contributed by atoms with van der Waals surface area (Å²) in [6.07, 6.45) is 1.62. The molecule has 0 radical (unpaired) electrons. The molecule has 0 N–H and O–H groups in total. The van der Waals surface area contributed by atoms with E-state index in [4.69, 9.17) is 9.15 Å². The molecule has 1 aliphatic rings. The van der Waals surface area contributed by atoms with Crippen molar-refractivity contribution in [2.75, 3.05) is 4.90 Å². The number of amides is 1. The number of aromatic nitrogens is 1. The van der Waals surface area contributed by atoms with Gasteiger partial charge < -0.3 is 9.15 Å². The van der Waals surface area contributed by atoms with Crippen molar-refractivity contribution in [3.05, 3.63) is 129 Å². The summed E-state index contributed by atoms with van der Waals surface area (Å²) in [5, 5.41) is 0.453. The summed E-state index contributed by atoms with van der Waals surface area (Å²) < 4.78 is 12.2. The number of para-hydroxylation sites is 1. The fourth-order valence-corrected chi connectivity index (χ4v) is 4.65. The van der Waals surface area contributed by atoms with Crippen molar-refractivity contribution < 1.29 is 13.9 Å². The van der Waals surface area contributed by atoms with E-state index < -0.39 is 11.9 Å². The van der Waals surface area contributed by atoms with E-state index in [0.29, 0.717) is 33.8 Å². The number of nitrogens with zero attached hydrogens (tertiary/aromatic N) is 2. The van der Waals surface area contributed by atoms with E-state index in [1.807, 2.05) is 86.6 Å². The molecule has 5 aromatic rings. The third-order valence-electron chi connectivity index (χ3n) is 6.54. The Bertz CT molecular complexity index is 1680. The average Bonchev–Trinajstić information content (AvgIpc) is 3.19. The smallest absolute Gasteiger partial charge is 0.296 e. The first-order chi connectivity index (χ1) is 17.5. The lowest BCUT2D eigenvalue weighted by molar-refractivity contribution is 0.0970. The molecule has 3 aromatic carbocycles. The Labute approximate surface area is 207 Å². The molecule has 0 saturated heterocycles. The fraction of sp³-hybridized carbons (Fsp3) is 0.100. The number of carbonyl (C=O) groups excluding carboxylic acids is 1. The second-order valence-electron chi connectivity index (χ2n) is 8.86. The molecular formula is C30H22N2O4. The maximum absolute atomic E-state index is 13.9. The zero-order valence-corrected chi connectivity index (χ0v) is 19.8. The summed E-state index contributed by atoms with van der Waals surface area (Å²) in [7, 11) is 0. The van der Waals surface area contributed by atoms with Crippen LogP contribution >= 0.6 is 0 Å². The second kappa shape index (κ2) is 8.50. The van der Waals surface area contributed by atoms with Crippen LogP contribution in [0.2, 0.25) is 0 Å². The highest BCUT2D eigenvalue weighted by Crippen LogP contribution is 2.41. The largest absolute Gasteiger partial charge is 0.457 e. The highest BCUT2D eigenvalue weighted by Gasteiger charge is 2.44. The number of pyridine rings is 1. The number of rotatable bonds is 4. The predicted molar refractivity (Wildman–Crippen MR) is 138 cm³/mol. The standard InChI is InChI=1S/C30H22N2O4/c1-18-15-23-24(16-19(18)2)36-29-26(28(23)33)27(32(30(29)34)25-13-6-7-14-31-25)20-9-8-12-22(17-20)35-21-10-4-3-5-11-21/h3-17,27H,1-2H3. The van der Waals surface area contributed by atoms with Crippen molar-refractivity contribution in [3.63, 3.8) is 0 Å². The van der Waals surface area contributed by atoms with Gasteiger partial charge in [-0.2, -0.15) is 0 Å². The van der Waals surface area contributed by atoms with Crippen LogP contribution in [0.3, 0.4) is 0 Å². The van der Waals surface area contributed by atoms with Crippen LogP contribution in [0.1, 0.15) is 38.9 Å². The maximum atomic E-state index is 13.9. The van der Waals surface area contributed by atoms with E-state index in [0.717, 1.165) is 16.7 Å². The van der Waals surface area contributed by atoms with Gasteiger partial charge in [-0.3, -0.25) is 14.5 Å². The maximum Gasteiger partial charge on any atom is 0.296 e. The van der Waals surface area contributed by atoms with Gasteiger partial charge >= 0.3 is 0 Å². The third-order valence-corrected chi connectivity index (χ3v) is 6.54. The molecule has 176 valence electrons. The number of benzene rings is 3. The molecule has 3 heterocycles. The van der Waals surface area contributed by atoms with Gasteiger partial charge in [-0.15, -0.1) is 0 Å². The zero-order chi connectivity index (χ0) is 24.8. The summed E-state index contributed by atoms with van der Waals surface area (Å²) >= 11 is 0. The number of aryl methyl sites for hydroxylation is 2. The van der Waals surface area contributed by atoms with Gasteiger partial charge in [-0.1, -0.05) is 36.4 Å². The van der Waals surface area contributed by atoms with Gasteiger partial charge in [-0.05, 0) is 79.1 Å². The van der Waals surface area contributed by atoms with Gasteiger partial charge in [0.2, 0.25) is 5.76 Å². The Morgan fingerprint density at radius 1 is 0.833 bits per heavy atom. The molecule has 1 unspecified atom stereocenters. The van der Waals surface area contributed by atoms with Crippen LogP contribution in [-0.2, 0) is 0 Å². The summed E-state index contributed by atoms with van der Waals surface area (Å²) in [6, 6.07) is 25.1. The second-order valence-corrected chi connectivity index (χ2v) is 8.86. The first-order valence-electron chi connectivity index (χ1n) is 11.7. The van der Waals surface area contributed by atoms with E-state index in [1.165, 1.54) is 4.90 Å². The minimum Gasteiger partial charge on any atom is -0.457 e. The Balaban J connectivity index is 1.56. The van der Waals surface area contributed by atoms with Gasteiger partial charge in [0.05, 0.1) is 17.0 Å². The minimum atomic E-state index is -0.719. The molecule has 0 fully saturated rings. The van der Waals surface area contributed by atoms with Crippen LogP contribution in [0.5, 0.6) is 11.5 Å². The molecule has 1 atom stereocenters. The molecule has 6 rings (SSSR count). The van der Waals surface area contributed by atoms with Crippen LogP contribution < -0.4 is 15.1 Å². The topological polar surface area (TPSA) is 72.6 Å². The fourth-order valence-electron chi connectivity index (χ4n) is 4.65. The van der Waals surface area contributed by atoms with Crippen molar-refractivity contribution in [1.82, 2.24) is 4.98 Å². The van der Waals surface area contributed by atoms with E-state index >= 15 is 0 Å². The number of ether oxygens (including phenoxy) is 1. The van der Waals surface area contributed by atoms with Crippen molar-refractivity contribution >= 4 is 22.7 Å². The van der Waals surface area contributed by atoms with Crippen LogP contribution in [0.4, 0.5) is 5.82 Å². The Morgan fingerprint density at radius 3 is 2.36 bits per heavy atom. The number of fused-ring (bicyclic) bond motifs is 2. The van der Waals surface area contributed by atoms with Gasteiger partial charge in [0.25, 0.3) is 5.91 Å². The van der Waals surface area contributed by atoms with E-state index in [9.17, 15) is 9.59 Å². The molecule has 0 saturated carbocycles. The highest BCUT2D eigenvalue weighted by molar-refractivity contribution is 6.10. The van der Waals surface area contributed by atoms with Crippen molar-refractivity contribution in [2.24, 2.45) is 0 Å². The number of carbonyl (C=O) groups is 1. The molecule has 2 aromatic heterocycles. The predicted octanol–water partition coefficient (Wildman–Crippen LogP) is 6.35. The Morgan fingerprint density at radius 2 is 1.58 bits per heavy atom. The lowest BCUT2D eigenvalue weighted by Gasteiger charge is -2.24. The van der Waals surface area contributed by atoms with Crippen LogP contribution in [0.25, 0.3) is 11.0 Å². The molecule has 0 aliphatic carbocycles. The third kappa shape index (κ3) is 3.55. The molecule has 1 aliphatic heterocycles. The van der Waals surface area contributed by atoms with Gasteiger partial charge in [0, 0.05) is 6.20 Å². The van der Waals surface area contributed by atoms with Crippen molar-refractivity contribution in [3.8, 4) is 11.5 Å². The number of hydrogen-bond donors (Lipinski definition) is 0. The SMILES string of the molecule is Cc1cc2oc3c(c(=O)c2cc1C)C(c1cccc(Oc2ccccc2)c1)N(c1ccccn1)C3=O. The Kier molecular flexibility index (Phi) is 5.15. The van der Waals surface area contributed by atoms with E-state index in [-0.39, 0.29) is 11.2 Å². The van der Waals surface area contributed by atoms with Crippen molar-refractivity contribution in [1.29, 1.82) is 0 Å². The summed E-state index contributed by atoms with van der Waals surface area (Å²) in [5.41, 5.74) is 3.17. The summed E-state index contributed by atoms with van der Waals surface area (Å²) in [6.45, 7) is 3.90. The molecule has 6 heteroatoms. The van der Waals surface area contributed by atoms with Crippen LogP contribution in [-0.4, -0.2) is 10.9 Å². The van der Waals surface area contributed by atoms with Gasteiger partial charge in [-0.25, -0.2) is 4.98 Å². The van der Waals surface area contributed by atoms with E-state index in [2.05, 4.69) is 4.98 Å². The van der Waals surface area contributed by atoms with Crippen molar-refractivity contribution in [2.45, 2.75) is 19.9 Å². The normalized spacial score (nSPS) is 14.8. The zero-order valence-electron chi connectivity index (χ0n) is 19.8. The quantitative estimate of drug-likeness (QED) is 0.304. The first-order valence-corrected chi connectivity index (χ1v) is 11.7. The van der Waals surface area contributed by atoms with E-state index in [1.54, 1.807) is 18.3 Å². The minimum absolute atomic E-state index is 0.0424.